The molecular formula is C23H21ClN2O8P+. The Morgan fingerprint density at radius 3 is 2.60 bits per heavy atom. The van der Waals surface area contributed by atoms with Crippen LogP contribution in [0.15, 0.2) is 70.4 Å². The number of halogens is 1. The molecule has 1 saturated heterocycles. The van der Waals surface area contributed by atoms with Crippen molar-refractivity contribution in [1.82, 2.24) is 9.55 Å². The quantitative estimate of drug-likeness (QED) is 0.352. The first-order valence-corrected chi connectivity index (χ1v) is 12.0. The zero-order valence-electron chi connectivity index (χ0n) is 18.5. The molecule has 1 unspecified atom stereocenters. The topological polar surface area (TPSA) is 126 Å². The zero-order chi connectivity index (χ0) is 24.9. The van der Waals surface area contributed by atoms with E-state index in [-0.39, 0.29) is 13.0 Å². The van der Waals surface area contributed by atoms with Crippen molar-refractivity contribution in [3.63, 3.8) is 0 Å². The maximum atomic E-state index is 12.6. The molecule has 1 fully saturated rings. The molecule has 0 bridgehead atoms. The average molecular weight is 520 g/mol. The van der Waals surface area contributed by atoms with E-state index in [1.807, 2.05) is 0 Å². The van der Waals surface area contributed by atoms with E-state index in [9.17, 15) is 18.9 Å². The van der Waals surface area contributed by atoms with Crippen LogP contribution in [-0.4, -0.2) is 34.3 Å². The van der Waals surface area contributed by atoms with Gasteiger partial charge < -0.3 is 9.47 Å². The van der Waals surface area contributed by atoms with Gasteiger partial charge in [-0.25, -0.2) is 14.1 Å². The summed E-state index contributed by atoms with van der Waals surface area (Å²) in [6.07, 6.45) is -1.07. The minimum Gasteiger partial charge on any atom is -0.456 e. The van der Waals surface area contributed by atoms with Crippen molar-refractivity contribution in [3.8, 4) is 5.75 Å². The van der Waals surface area contributed by atoms with Crippen LogP contribution in [0.1, 0.15) is 28.6 Å². The summed E-state index contributed by atoms with van der Waals surface area (Å²) in [5, 5.41) is 0.495. The first-order chi connectivity index (χ1) is 16.8. The Morgan fingerprint density at radius 1 is 1.17 bits per heavy atom. The molecule has 1 aliphatic rings. The van der Waals surface area contributed by atoms with Gasteiger partial charge >= 0.3 is 19.9 Å². The van der Waals surface area contributed by atoms with E-state index in [1.165, 1.54) is 22.9 Å². The summed E-state index contributed by atoms with van der Waals surface area (Å²) < 4.78 is 35.7. The monoisotopic (exact) mass is 519 g/mol. The highest BCUT2D eigenvalue weighted by molar-refractivity contribution is 7.33. The van der Waals surface area contributed by atoms with Gasteiger partial charge in [-0.2, -0.15) is 0 Å². The smallest absolute Gasteiger partial charge is 0.456 e. The molecule has 10 nitrogen and oxygen atoms in total. The van der Waals surface area contributed by atoms with Gasteiger partial charge in [0.2, 0.25) is 0 Å². The third kappa shape index (κ3) is 6.23. The van der Waals surface area contributed by atoms with Gasteiger partial charge in [-0.15, -0.1) is 4.52 Å². The van der Waals surface area contributed by atoms with Crippen LogP contribution in [0.4, 0.5) is 0 Å². The van der Waals surface area contributed by atoms with Crippen LogP contribution in [-0.2, 0) is 18.6 Å². The van der Waals surface area contributed by atoms with Crippen molar-refractivity contribution >= 4 is 25.8 Å². The number of hydrogen-bond donors (Lipinski definition) is 1. The Kier molecular flexibility index (Phi) is 7.77. The Labute approximate surface area is 205 Å². The van der Waals surface area contributed by atoms with Crippen LogP contribution in [0, 0.1) is 6.92 Å². The molecule has 1 aliphatic heterocycles. The largest absolute Gasteiger partial charge is 0.750 e. The molecular weight excluding hydrogens is 499 g/mol. The average Bonchev–Trinajstić information content (AvgIpc) is 3.24. The molecule has 3 aromatic rings. The molecule has 35 heavy (non-hydrogen) atoms. The third-order valence-corrected chi connectivity index (χ3v) is 6.21. The van der Waals surface area contributed by atoms with E-state index < -0.39 is 43.9 Å². The highest BCUT2D eigenvalue weighted by Gasteiger charge is 2.42. The summed E-state index contributed by atoms with van der Waals surface area (Å²) >= 11 is 5.83. The number of aryl methyl sites for hydroxylation is 1. The first kappa shape index (κ1) is 24.8. The van der Waals surface area contributed by atoms with Crippen molar-refractivity contribution in [2.24, 2.45) is 0 Å². The summed E-state index contributed by atoms with van der Waals surface area (Å²) in [4.78, 5) is 38.9. The van der Waals surface area contributed by atoms with Crippen LogP contribution in [0.25, 0.3) is 0 Å². The number of aromatic nitrogens is 2. The molecule has 12 heteroatoms. The zero-order valence-corrected chi connectivity index (χ0v) is 20.1. The fourth-order valence-corrected chi connectivity index (χ4v) is 4.21. The minimum absolute atomic E-state index is 0.104. The lowest BCUT2D eigenvalue weighted by Crippen LogP contribution is -2.33. The summed E-state index contributed by atoms with van der Waals surface area (Å²) in [5.41, 5.74) is -0.528. The third-order valence-electron chi connectivity index (χ3n) is 5.24. The maximum Gasteiger partial charge on any atom is 0.750 e. The van der Waals surface area contributed by atoms with Crippen LogP contribution in [0.2, 0.25) is 5.02 Å². The molecule has 0 spiro atoms. The number of rotatable bonds is 8. The number of ether oxygens (including phenoxy) is 2. The fraction of sp³-hybridized carbons (Fsp3) is 0.261. The summed E-state index contributed by atoms with van der Waals surface area (Å²) in [6.45, 7) is 1.30. The first-order valence-electron chi connectivity index (χ1n) is 10.6. The number of hydrogen-bond acceptors (Lipinski definition) is 8. The molecule has 0 amide bonds. The Morgan fingerprint density at radius 2 is 1.89 bits per heavy atom. The van der Waals surface area contributed by atoms with E-state index in [0.29, 0.717) is 21.9 Å². The predicted molar refractivity (Wildman–Crippen MR) is 126 cm³/mol. The molecule has 1 aromatic heterocycles. The number of H-pyrrole nitrogens is 1. The highest BCUT2D eigenvalue weighted by atomic mass is 35.5. The standard InChI is InChI=1S/C23H20ClN2O8P/c1-14-12-26(23(29)25-21(14)27)20-11-18(33-22(28)15-5-3-2-4-6-15)19(32-20)13-31-35(30)34-17-9-7-16(24)8-10-17/h2-10,12,18-20H,11,13H2,1H3/p+1/t18-,19+,20+/m0/s1. The number of nitrogens with one attached hydrogen (secondary N) is 1. The maximum absolute atomic E-state index is 12.6. The SMILES string of the molecule is Cc1cn([C@H]2C[C@H](OC(=O)c3ccccc3)[C@@H](CO[P+](=O)Oc3ccc(Cl)cc3)O2)c(=O)[nH]c1=O. The number of carbonyl (C=O) groups excluding carboxylic acids is 1. The molecule has 0 aliphatic carbocycles. The molecule has 4 rings (SSSR count). The predicted octanol–water partition coefficient (Wildman–Crippen LogP) is 3.76. The van der Waals surface area contributed by atoms with Crippen LogP contribution in [0.5, 0.6) is 5.75 Å². The van der Waals surface area contributed by atoms with Gasteiger partial charge in [-0.1, -0.05) is 29.8 Å². The van der Waals surface area contributed by atoms with Gasteiger partial charge in [0.05, 0.1) is 5.56 Å². The van der Waals surface area contributed by atoms with Gasteiger partial charge in [-0.3, -0.25) is 14.3 Å². The number of aromatic amines is 1. The Bertz CT molecular complexity index is 1330. The van der Waals surface area contributed by atoms with Crippen molar-refractivity contribution in [1.29, 1.82) is 0 Å². The normalized spacial score (nSPS) is 19.8. The van der Waals surface area contributed by atoms with Gasteiger partial charge in [0.1, 0.15) is 25.0 Å². The molecule has 2 heterocycles. The van der Waals surface area contributed by atoms with Crippen LogP contribution >= 0.6 is 19.9 Å². The summed E-state index contributed by atoms with van der Waals surface area (Å²) in [5.74, 6) is -0.292. The number of esters is 1. The van der Waals surface area contributed by atoms with Crippen LogP contribution in [0.3, 0.4) is 0 Å². The van der Waals surface area contributed by atoms with Crippen LogP contribution < -0.4 is 15.8 Å². The molecule has 0 radical (unpaired) electrons. The van der Waals surface area contributed by atoms with E-state index in [4.69, 9.17) is 30.1 Å². The van der Waals surface area contributed by atoms with Gasteiger partial charge in [-0.05, 0) is 43.3 Å². The molecule has 2 aromatic carbocycles. The van der Waals surface area contributed by atoms with Gasteiger partial charge in [0.25, 0.3) is 5.56 Å². The van der Waals surface area contributed by atoms with Crippen molar-refractivity contribution in [3.05, 3.63) is 97.8 Å². The number of carbonyl (C=O) groups is 1. The van der Waals surface area contributed by atoms with Crippen molar-refractivity contribution in [2.45, 2.75) is 31.8 Å². The molecule has 4 atom stereocenters. The van der Waals surface area contributed by atoms with Gasteiger partial charge in [0, 0.05) is 27.8 Å². The van der Waals surface area contributed by atoms with Gasteiger partial charge in [0.15, 0.2) is 5.75 Å². The second-order valence-corrected chi connectivity index (χ2v) is 9.04. The van der Waals surface area contributed by atoms with E-state index >= 15 is 0 Å². The number of benzene rings is 2. The molecule has 1 N–H and O–H groups in total. The lowest BCUT2D eigenvalue weighted by Gasteiger charge is -2.16. The van der Waals surface area contributed by atoms with E-state index in [2.05, 4.69) is 4.98 Å². The summed E-state index contributed by atoms with van der Waals surface area (Å²) in [7, 11) is -2.58. The van der Waals surface area contributed by atoms with E-state index in [0.717, 1.165) is 0 Å². The lowest BCUT2D eigenvalue weighted by molar-refractivity contribution is -0.0478. The Hall–Kier alpha value is -3.30. The Balaban J connectivity index is 1.48. The second kappa shape index (κ2) is 11.0. The molecule has 0 saturated carbocycles. The minimum atomic E-state index is -2.58. The fourth-order valence-electron chi connectivity index (χ4n) is 3.47. The van der Waals surface area contributed by atoms with Crippen molar-refractivity contribution in [2.75, 3.05) is 6.61 Å². The van der Waals surface area contributed by atoms with E-state index in [1.54, 1.807) is 49.4 Å². The second-order valence-electron chi connectivity index (χ2n) is 7.72. The number of nitrogens with zero attached hydrogens (tertiary/aromatic N) is 1. The highest BCUT2D eigenvalue weighted by Crippen LogP contribution is 2.34. The van der Waals surface area contributed by atoms with Crippen molar-refractivity contribution < 1.29 is 27.9 Å². The summed E-state index contributed by atoms with van der Waals surface area (Å²) in [6, 6.07) is 14.6. The molecule has 182 valence electrons. The lowest BCUT2D eigenvalue weighted by atomic mass is 10.1.